The van der Waals surface area contributed by atoms with Crippen LogP contribution in [0.4, 0.5) is 0 Å². The largest absolute Gasteiger partial charge is 0.512 e. The van der Waals surface area contributed by atoms with Crippen molar-refractivity contribution < 1.29 is 29.3 Å². The molecule has 184 valence electrons. The zero-order valence-electron chi connectivity index (χ0n) is 19.8. The number of halogens is 1. The van der Waals surface area contributed by atoms with E-state index in [2.05, 4.69) is 5.32 Å². The highest BCUT2D eigenvalue weighted by Crippen LogP contribution is 2.54. The Morgan fingerprint density at radius 1 is 1.26 bits per heavy atom. The maximum absolute atomic E-state index is 13.0. The van der Waals surface area contributed by atoms with Crippen LogP contribution in [0.15, 0.2) is 46.7 Å². The van der Waals surface area contributed by atoms with E-state index in [9.17, 15) is 24.6 Å². The van der Waals surface area contributed by atoms with E-state index >= 15 is 0 Å². The molecule has 1 amide bonds. The van der Waals surface area contributed by atoms with Crippen LogP contribution in [0.1, 0.15) is 52.0 Å². The van der Waals surface area contributed by atoms with Crippen molar-refractivity contribution in [1.29, 1.82) is 0 Å². The van der Waals surface area contributed by atoms with Gasteiger partial charge in [0.2, 0.25) is 5.91 Å². The molecule has 0 heterocycles. The number of carboxylic acid groups (broad SMARTS) is 1. The smallest absolute Gasteiger partial charge is 0.326 e. The zero-order chi connectivity index (χ0) is 25.1. The summed E-state index contributed by atoms with van der Waals surface area (Å²) in [4.78, 5) is 36.4. The number of aldehydes is 1. The van der Waals surface area contributed by atoms with Gasteiger partial charge in [0, 0.05) is 34.8 Å². The van der Waals surface area contributed by atoms with Gasteiger partial charge in [0.25, 0.3) is 0 Å². The molecule has 3 atom stereocenters. The fourth-order valence-corrected chi connectivity index (χ4v) is 4.95. The van der Waals surface area contributed by atoms with E-state index in [4.69, 9.17) is 16.3 Å². The first-order valence-electron chi connectivity index (χ1n) is 11.5. The van der Waals surface area contributed by atoms with Crippen molar-refractivity contribution in [3.05, 3.63) is 52.3 Å². The van der Waals surface area contributed by atoms with Gasteiger partial charge >= 0.3 is 5.97 Å². The van der Waals surface area contributed by atoms with Crippen LogP contribution in [-0.2, 0) is 20.8 Å². The predicted molar refractivity (Wildman–Crippen MR) is 129 cm³/mol. The minimum atomic E-state index is -1.12. The number of carbonyl (C=O) groups excluding carboxylic acids is 2. The van der Waals surface area contributed by atoms with Gasteiger partial charge in [0.05, 0.1) is 0 Å². The van der Waals surface area contributed by atoms with Gasteiger partial charge in [-0.15, -0.1) is 0 Å². The highest BCUT2D eigenvalue weighted by Gasteiger charge is 2.54. The fourth-order valence-electron chi connectivity index (χ4n) is 4.68. The third kappa shape index (κ3) is 5.30. The Balaban J connectivity index is 1.62. The first-order chi connectivity index (χ1) is 16.0. The molecule has 2 aliphatic carbocycles. The Labute approximate surface area is 204 Å². The number of nitrogens with one attached hydrogen (secondary N) is 1. The minimum absolute atomic E-state index is 0.111. The number of carbonyl (C=O) groups is 3. The second-order valence-electron chi connectivity index (χ2n) is 9.90. The number of aliphatic carboxylic acids is 1. The Kier molecular flexibility index (Phi) is 7.76. The molecule has 3 rings (SSSR count). The quantitative estimate of drug-likeness (QED) is 0.439. The lowest BCUT2D eigenvalue weighted by atomic mass is 9.66. The maximum atomic E-state index is 13.0. The van der Waals surface area contributed by atoms with Gasteiger partial charge in [-0.2, -0.15) is 0 Å². The van der Waals surface area contributed by atoms with E-state index in [0.29, 0.717) is 42.0 Å². The van der Waals surface area contributed by atoms with Crippen LogP contribution in [0.5, 0.6) is 5.75 Å². The Bertz CT molecular complexity index is 1010. The summed E-state index contributed by atoms with van der Waals surface area (Å²) in [5.74, 6) is -1.12. The number of aliphatic hydroxyl groups is 1. The SMILES string of the molecule is CC1(C)[C@@H](C(=O)N[C@@H](Cc2ccc(OCC3=C(O)CCC=C3Cl)cc2)C(=O)O)CC[C@@]1(C)C=O. The van der Waals surface area contributed by atoms with Crippen molar-refractivity contribution in [2.45, 2.75) is 58.9 Å². The van der Waals surface area contributed by atoms with Crippen LogP contribution in [0.25, 0.3) is 0 Å². The van der Waals surface area contributed by atoms with Crippen LogP contribution >= 0.6 is 11.6 Å². The first kappa shape index (κ1) is 25.8. The number of amides is 1. The van der Waals surface area contributed by atoms with Gasteiger partial charge in [-0.05, 0) is 42.4 Å². The number of allylic oxidation sites excluding steroid dienone is 2. The molecule has 1 saturated carbocycles. The Morgan fingerprint density at radius 3 is 2.50 bits per heavy atom. The molecule has 1 aromatic rings. The average Bonchev–Trinajstić information content (AvgIpc) is 3.03. The van der Waals surface area contributed by atoms with E-state index in [-0.39, 0.29) is 24.7 Å². The lowest BCUT2D eigenvalue weighted by Crippen LogP contribution is -2.48. The topological polar surface area (TPSA) is 113 Å². The van der Waals surface area contributed by atoms with E-state index < -0.39 is 28.8 Å². The molecular formula is C26H32ClNO6. The summed E-state index contributed by atoms with van der Waals surface area (Å²) in [6.45, 7) is 5.76. The molecule has 7 nitrogen and oxygen atoms in total. The zero-order valence-corrected chi connectivity index (χ0v) is 20.5. The van der Waals surface area contributed by atoms with Crippen molar-refractivity contribution >= 4 is 29.8 Å². The third-order valence-electron chi connectivity index (χ3n) is 7.57. The molecule has 34 heavy (non-hydrogen) atoms. The molecule has 0 aliphatic heterocycles. The van der Waals surface area contributed by atoms with Gasteiger partial charge in [-0.25, -0.2) is 4.79 Å². The number of aliphatic hydroxyl groups excluding tert-OH is 1. The Hall–Kier alpha value is -2.80. The number of carboxylic acids is 1. The summed E-state index contributed by atoms with van der Waals surface area (Å²) >= 11 is 6.14. The number of benzene rings is 1. The van der Waals surface area contributed by atoms with Crippen LogP contribution in [0.2, 0.25) is 0 Å². The number of hydrogen-bond acceptors (Lipinski definition) is 5. The highest BCUT2D eigenvalue weighted by molar-refractivity contribution is 6.32. The molecular weight excluding hydrogens is 458 g/mol. The highest BCUT2D eigenvalue weighted by atomic mass is 35.5. The van der Waals surface area contributed by atoms with Gasteiger partial charge < -0.3 is 25.1 Å². The minimum Gasteiger partial charge on any atom is -0.512 e. The number of ether oxygens (including phenoxy) is 1. The number of rotatable bonds is 9. The van der Waals surface area contributed by atoms with Gasteiger partial charge in [-0.3, -0.25) is 4.79 Å². The second-order valence-corrected chi connectivity index (χ2v) is 10.3. The normalized spacial score (nSPS) is 24.8. The summed E-state index contributed by atoms with van der Waals surface area (Å²) in [5.41, 5.74) is 0.0992. The summed E-state index contributed by atoms with van der Waals surface area (Å²) in [5, 5.41) is 22.9. The summed E-state index contributed by atoms with van der Waals surface area (Å²) < 4.78 is 5.72. The molecule has 2 aliphatic rings. The Morgan fingerprint density at radius 2 is 1.94 bits per heavy atom. The van der Waals surface area contributed by atoms with Crippen LogP contribution in [0, 0.1) is 16.7 Å². The summed E-state index contributed by atoms with van der Waals surface area (Å²) in [6.07, 6.45) is 5.22. The van der Waals surface area contributed by atoms with Crippen LogP contribution < -0.4 is 10.1 Å². The first-order valence-corrected chi connectivity index (χ1v) is 11.8. The third-order valence-corrected chi connectivity index (χ3v) is 7.96. The molecule has 3 N–H and O–H groups in total. The molecule has 1 aromatic carbocycles. The summed E-state index contributed by atoms with van der Waals surface area (Å²) in [6, 6.07) is 5.82. The molecule has 0 saturated heterocycles. The summed E-state index contributed by atoms with van der Waals surface area (Å²) in [7, 11) is 0. The molecule has 0 unspecified atom stereocenters. The van der Waals surface area contributed by atoms with Crippen LogP contribution in [0.3, 0.4) is 0 Å². The average molecular weight is 490 g/mol. The standard InChI is InChI=1S/C26H32ClNO6/c1-25(2)19(11-12-26(25,3)15-29)23(31)28-21(24(32)33)13-16-7-9-17(10-8-16)34-14-18-20(27)5-4-6-22(18)30/h5,7-10,15,19,21,30H,4,6,11-14H2,1-3H3,(H,28,31)(H,32,33)/t19-,21+,26+/m1/s1. The maximum Gasteiger partial charge on any atom is 0.326 e. The lowest BCUT2D eigenvalue weighted by Gasteiger charge is -2.37. The van der Waals surface area contributed by atoms with Gasteiger partial charge in [0.1, 0.15) is 30.4 Å². The molecule has 0 spiro atoms. The van der Waals surface area contributed by atoms with E-state index in [1.54, 1.807) is 24.3 Å². The fraction of sp³-hybridized carbons (Fsp3) is 0.500. The molecule has 8 heteroatoms. The molecule has 0 radical (unpaired) electrons. The van der Waals surface area contributed by atoms with Crippen LogP contribution in [-0.4, -0.2) is 41.0 Å². The van der Waals surface area contributed by atoms with E-state index in [1.165, 1.54) is 0 Å². The van der Waals surface area contributed by atoms with Gasteiger partial charge in [0.15, 0.2) is 0 Å². The monoisotopic (exact) mass is 489 g/mol. The molecule has 1 fully saturated rings. The van der Waals surface area contributed by atoms with E-state index in [0.717, 1.165) is 11.8 Å². The predicted octanol–water partition coefficient (Wildman–Crippen LogP) is 4.55. The number of hydrogen-bond donors (Lipinski definition) is 3. The van der Waals surface area contributed by atoms with Crippen molar-refractivity contribution in [2.75, 3.05) is 6.61 Å². The second kappa shape index (κ2) is 10.2. The van der Waals surface area contributed by atoms with E-state index in [1.807, 2.05) is 26.8 Å². The van der Waals surface area contributed by atoms with Crippen molar-refractivity contribution in [3.63, 3.8) is 0 Å². The van der Waals surface area contributed by atoms with Crippen molar-refractivity contribution in [2.24, 2.45) is 16.7 Å². The molecule has 0 aromatic heterocycles. The molecule has 0 bridgehead atoms. The lowest BCUT2D eigenvalue weighted by molar-refractivity contribution is -0.143. The van der Waals surface area contributed by atoms with Crippen molar-refractivity contribution in [3.8, 4) is 5.75 Å². The van der Waals surface area contributed by atoms with Crippen molar-refractivity contribution in [1.82, 2.24) is 5.32 Å². The van der Waals surface area contributed by atoms with Gasteiger partial charge in [-0.1, -0.05) is 50.6 Å².